The number of fused-ring (bicyclic) bond motifs is 1. The lowest BCUT2D eigenvalue weighted by molar-refractivity contribution is -0.140. The Balaban J connectivity index is 1.67. The van der Waals surface area contributed by atoms with Gasteiger partial charge in [0.15, 0.2) is 6.10 Å². The van der Waals surface area contributed by atoms with Gasteiger partial charge in [0.1, 0.15) is 5.15 Å². The maximum atomic E-state index is 12.7. The van der Waals surface area contributed by atoms with Crippen LogP contribution >= 0.6 is 11.6 Å². The van der Waals surface area contributed by atoms with Gasteiger partial charge >= 0.3 is 5.97 Å². The molecule has 0 aliphatic carbocycles. The number of aryl methyl sites for hydroxylation is 2. The van der Waals surface area contributed by atoms with Crippen molar-refractivity contribution in [2.75, 3.05) is 11.4 Å². The average molecular weight is 416 g/mol. The zero-order chi connectivity index (χ0) is 21.3. The largest absolute Gasteiger partial charge is 0.451 e. The van der Waals surface area contributed by atoms with Crippen LogP contribution in [0.1, 0.15) is 41.0 Å². The topological polar surface area (TPSA) is 81.5 Å². The molecule has 3 rings (SSSR count). The molecule has 7 nitrogen and oxygen atoms in total. The summed E-state index contributed by atoms with van der Waals surface area (Å²) in [7, 11) is 1.71. The molecule has 1 aliphatic rings. The summed E-state index contributed by atoms with van der Waals surface area (Å²) >= 11 is 6.13. The zero-order valence-electron chi connectivity index (χ0n) is 16.7. The number of nitrogens with zero attached hydrogens (tertiary/aromatic N) is 3. The number of ketones is 1. The highest BCUT2D eigenvalue weighted by atomic mass is 35.5. The second-order valence-corrected chi connectivity index (χ2v) is 7.31. The Kier molecular flexibility index (Phi) is 5.88. The Morgan fingerprint density at radius 2 is 2.03 bits per heavy atom. The van der Waals surface area contributed by atoms with E-state index in [0.717, 1.165) is 11.3 Å². The van der Waals surface area contributed by atoms with Crippen molar-refractivity contribution in [1.29, 1.82) is 0 Å². The van der Waals surface area contributed by atoms with Crippen molar-refractivity contribution in [3.8, 4) is 0 Å². The van der Waals surface area contributed by atoms with Crippen molar-refractivity contribution < 1.29 is 19.1 Å². The number of hydrogen-bond acceptors (Lipinski definition) is 5. The molecule has 0 N–H and O–H groups in total. The van der Waals surface area contributed by atoms with E-state index < -0.39 is 12.1 Å². The Morgan fingerprint density at radius 1 is 1.31 bits per heavy atom. The molecular formula is C21H22ClN3O4. The van der Waals surface area contributed by atoms with Gasteiger partial charge in [-0.15, -0.1) is 0 Å². The van der Waals surface area contributed by atoms with Gasteiger partial charge in [-0.05, 0) is 50.1 Å². The van der Waals surface area contributed by atoms with E-state index in [1.807, 2.05) is 0 Å². The Hall–Kier alpha value is -2.93. The van der Waals surface area contributed by atoms with Crippen LogP contribution in [0.5, 0.6) is 0 Å². The molecule has 29 heavy (non-hydrogen) atoms. The molecule has 1 unspecified atom stereocenters. The molecule has 1 aromatic heterocycles. The normalized spacial score (nSPS) is 14.2. The van der Waals surface area contributed by atoms with E-state index in [-0.39, 0.29) is 11.7 Å². The lowest BCUT2D eigenvalue weighted by Crippen LogP contribution is -2.26. The first-order chi connectivity index (χ1) is 13.7. The summed E-state index contributed by atoms with van der Waals surface area (Å²) in [4.78, 5) is 38.1. The van der Waals surface area contributed by atoms with Gasteiger partial charge in [-0.2, -0.15) is 5.10 Å². The first-order valence-electron chi connectivity index (χ1n) is 9.22. The number of carbonyl (C=O) groups excluding carboxylic acids is 3. The van der Waals surface area contributed by atoms with E-state index in [1.54, 1.807) is 37.1 Å². The summed E-state index contributed by atoms with van der Waals surface area (Å²) in [5, 5.41) is 4.58. The third-order valence-corrected chi connectivity index (χ3v) is 5.33. The molecule has 0 fully saturated rings. The molecule has 1 aliphatic heterocycles. The van der Waals surface area contributed by atoms with Gasteiger partial charge in [0.25, 0.3) is 0 Å². The molecule has 8 heteroatoms. The van der Waals surface area contributed by atoms with Crippen molar-refractivity contribution in [2.45, 2.75) is 33.3 Å². The van der Waals surface area contributed by atoms with Gasteiger partial charge < -0.3 is 9.64 Å². The van der Waals surface area contributed by atoms with Crippen molar-refractivity contribution in [1.82, 2.24) is 9.78 Å². The lowest BCUT2D eigenvalue weighted by Gasteiger charge is -2.15. The number of benzene rings is 1. The summed E-state index contributed by atoms with van der Waals surface area (Å²) in [6, 6.07) is 5.18. The Morgan fingerprint density at radius 3 is 2.66 bits per heavy atom. The predicted molar refractivity (Wildman–Crippen MR) is 110 cm³/mol. The van der Waals surface area contributed by atoms with Crippen LogP contribution in [0.3, 0.4) is 0 Å². The van der Waals surface area contributed by atoms with Crippen LogP contribution in [0.25, 0.3) is 6.08 Å². The van der Waals surface area contributed by atoms with Gasteiger partial charge in [-0.25, -0.2) is 4.79 Å². The molecule has 0 spiro atoms. The molecule has 1 atom stereocenters. The summed E-state index contributed by atoms with van der Waals surface area (Å²) in [6.45, 7) is 5.44. The van der Waals surface area contributed by atoms with Crippen LogP contribution in [0.2, 0.25) is 5.15 Å². The van der Waals surface area contributed by atoms with Gasteiger partial charge in [-0.3, -0.25) is 14.3 Å². The summed E-state index contributed by atoms with van der Waals surface area (Å²) in [6.07, 6.45) is 2.50. The van der Waals surface area contributed by atoms with E-state index in [9.17, 15) is 14.4 Å². The first kappa shape index (κ1) is 20.8. The molecule has 0 radical (unpaired) electrons. The first-order valence-corrected chi connectivity index (χ1v) is 9.60. The third-order valence-electron chi connectivity index (χ3n) is 4.88. The zero-order valence-corrected chi connectivity index (χ0v) is 17.5. The number of halogens is 1. The molecule has 1 amide bonds. The maximum Gasteiger partial charge on any atom is 0.331 e. The number of hydrogen-bond donors (Lipinski definition) is 0. The fourth-order valence-corrected chi connectivity index (χ4v) is 3.61. The summed E-state index contributed by atoms with van der Waals surface area (Å²) in [5.74, 6) is -0.971. The number of anilines is 1. The van der Waals surface area contributed by atoms with Crippen LogP contribution < -0.4 is 4.90 Å². The molecule has 2 heterocycles. The maximum absolute atomic E-state index is 12.7. The monoisotopic (exact) mass is 415 g/mol. The van der Waals surface area contributed by atoms with Gasteiger partial charge in [0.2, 0.25) is 11.7 Å². The number of esters is 1. The number of ether oxygens (including phenoxy) is 1. The van der Waals surface area contributed by atoms with Gasteiger partial charge in [0.05, 0.1) is 5.69 Å². The number of Topliss-reactive ketones (excluding diaryl/α,β-unsaturated/α-hetero) is 1. The molecular weight excluding hydrogens is 394 g/mol. The van der Waals surface area contributed by atoms with E-state index in [0.29, 0.717) is 34.9 Å². The van der Waals surface area contributed by atoms with Crippen molar-refractivity contribution in [3.63, 3.8) is 0 Å². The summed E-state index contributed by atoms with van der Waals surface area (Å²) < 4.78 is 6.75. The molecule has 1 aromatic carbocycles. The number of rotatable bonds is 5. The molecule has 0 saturated carbocycles. The number of amides is 1. The predicted octanol–water partition coefficient (Wildman–Crippen LogP) is 3.12. The van der Waals surface area contributed by atoms with Crippen LogP contribution in [0, 0.1) is 6.92 Å². The SMILES string of the molecule is CC(=O)N1CCc2cc(C(=O)C(C)OC(=O)/C=C/c3c(C)nn(C)c3Cl)ccc21. The second kappa shape index (κ2) is 8.21. The van der Waals surface area contributed by atoms with Crippen LogP contribution in [0.15, 0.2) is 24.3 Å². The van der Waals surface area contributed by atoms with Gasteiger partial charge in [0, 0.05) is 43.4 Å². The molecule has 0 saturated heterocycles. The Labute approximate surface area is 173 Å². The van der Waals surface area contributed by atoms with Crippen LogP contribution in [-0.4, -0.2) is 40.1 Å². The van der Waals surface area contributed by atoms with E-state index in [1.165, 1.54) is 30.7 Å². The molecule has 0 bridgehead atoms. The van der Waals surface area contributed by atoms with Crippen molar-refractivity contribution in [2.24, 2.45) is 7.05 Å². The fourth-order valence-electron chi connectivity index (χ4n) is 3.37. The lowest BCUT2D eigenvalue weighted by atomic mass is 10.0. The fraction of sp³-hybridized carbons (Fsp3) is 0.333. The van der Waals surface area contributed by atoms with Crippen molar-refractivity contribution >= 4 is 41.0 Å². The number of carbonyl (C=O) groups is 3. The summed E-state index contributed by atoms with van der Waals surface area (Å²) in [5.41, 5.74) is 3.52. The smallest absolute Gasteiger partial charge is 0.331 e. The standard InChI is InChI=1S/C21H22ClN3O4/c1-12-17(21(22)24(4)23-12)6-8-19(27)29-13(2)20(28)16-5-7-18-15(11-16)9-10-25(18)14(3)26/h5-8,11,13H,9-10H2,1-4H3/b8-6+. The molecule has 2 aromatic rings. The van der Waals surface area contributed by atoms with Crippen molar-refractivity contribution in [3.05, 3.63) is 51.8 Å². The quantitative estimate of drug-likeness (QED) is 0.425. The van der Waals surface area contributed by atoms with E-state index in [2.05, 4.69) is 5.10 Å². The minimum Gasteiger partial charge on any atom is -0.451 e. The van der Waals surface area contributed by atoms with Crippen LogP contribution in [0.4, 0.5) is 5.69 Å². The minimum absolute atomic E-state index is 0.0270. The van der Waals surface area contributed by atoms with Gasteiger partial charge in [-0.1, -0.05) is 11.6 Å². The highest BCUT2D eigenvalue weighted by Crippen LogP contribution is 2.29. The van der Waals surface area contributed by atoms with E-state index >= 15 is 0 Å². The highest BCUT2D eigenvalue weighted by molar-refractivity contribution is 6.31. The minimum atomic E-state index is -0.944. The third kappa shape index (κ3) is 4.24. The molecule has 152 valence electrons. The van der Waals surface area contributed by atoms with E-state index in [4.69, 9.17) is 16.3 Å². The van der Waals surface area contributed by atoms with Crippen LogP contribution in [-0.2, 0) is 27.8 Å². The second-order valence-electron chi connectivity index (χ2n) is 6.95. The highest BCUT2D eigenvalue weighted by Gasteiger charge is 2.25. The Bertz CT molecular complexity index is 1030. The number of aromatic nitrogens is 2. The average Bonchev–Trinajstić information content (AvgIpc) is 3.20.